The molecule has 0 unspecified atom stereocenters. The summed E-state index contributed by atoms with van der Waals surface area (Å²) in [5.74, 6) is 1.50. The van der Waals surface area contributed by atoms with E-state index in [0.717, 1.165) is 29.9 Å². The summed E-state index contributed by atoms with van der Waals surface area (Å²) in [6, 6.07) is 12.1. The number of nitrogens with one attached hydrogen (secondary N) is 1. The minimum atomic E-state index is -0.331. The lowest BCUT2D eigenvalue weighted by Gasteiger charge is -2.22. The Morgan fingerprint density at radius 1 is 1.27 bits per heavy atom. The minimum absolute atomic E-state index is 0.0989. The zero-order valence-corrected chi connectivity index (χ0v) is 12.9. The molecule has 1 amide bonds. The van der Waals surface area contributed by atoms with Crippen molar-refractivity contribution in [2.45, 2.75) is 43.4 Å². The number of aryl methyl sites for hydroxylation is 1. The Morgan fingerprint density at radius 2 is 2.00 bits per heavy atom. The van der Waals surface area contributed by atoms with Crippen LogP contribution in [-0.4, -0.2) is 15.7 Å². The van der Waals surface area contributed by atoms with E-state index in [9.17, 15) is 4.79 Å². The van der Waals surface area contributed by atoms with Crippen molar-refractivity contribution in [3.05, 3.63) is 47.7 Å². The molecule has 1 heterocycles. The van der Waals surface area contributed by atoms with E-state index < -0.39 is 0 Å². The molecule has 1 aromatic carbocycles. The molecule has 2 saturated carbocycles. The summed E-state index contributed by atoms with van der Waals surface area (Å²) in [5, 5.41) is 7.66. The first-order chi connectivity index (χ1) is 10.7. The van der Waals surface area contributed by atoms with Crippen LogP contribution in [0.5, 0.6) is 0 Å². The monoisotopic (exact) mass is 295 g/mol. The van der Waals surface area contributed by atoms with Gasteiger partial charge >= 0.3 is 0 Å². The molecule has 4 nitrogen and oxygen atoms in total. The fourth-order valence-corrected chi connectivity index (χ4v) is 3.27. The highest BCUT2D eigenvalue weighted by Crippen LogP contribution is 2.49. The molecule has 2 fully saturated rings. The second-order valence-corrected chi connectivity index (χ2v) is 6.61. The number of amides is 1. The first-order valence-corrected chi connectivity index (χ1v) is 8.10. The Labute approximate surface area is 130 Å². The van der Waals surface area contributed by atoms with Crippen molar-refractivity contribution in [3.63, 3.8) is 0 Å². The third-order valence-electron chi connectivity index (χ3n) is 5.17. The number of hydrogen-bond donors (Lipinski definition) is 1. The highest BCUT2D eigenvalue weighted by molar-refractivity contribution is 6.00. The smallest absolute Gasteiger partial charge is 0.236 e. The number of hydrogen-bond acceptors (Lipinski definition) is 2. The van der Waals surface area contributed by atoms with E-state index in [1.54, 1.807) is 4.68 Å². The second-order valence-electron chi connectivity index (χ2n) is 6.61. The van der Waals surface area contributed by atoms with Gasteiger partial charge in [0, 0.05) is 19.0 Å². The second kappa shape index (κ2) is 4.97. The van der Waals surface area contributed by atoms with Crippen molar-refractivity contribution in [3.8, 4) is 0 Å². The summed E-state index contributed by atoms with van der Waals surface area (Å²) in [4.78, 5) is 12.8. The van der Waals surface area contributed by atoms with Gasteiger partial charge in [-0.3, -0.25) is 9.48 Å². The molecule has 0 aliphatic heterocycles. The molecule has 4 rings (SSSR count). The lowest BCUT2D eigenvalue weighted by molar-refractivity contribution is -0.118. The number of aromatic nitrogens is 2. The van der Waals surface area contributed by atoms with E-state index in [4.69, 9.17) is 0 Å². The van der Waals surface area contributed by atoms with E-state index in [1.807, 2.05) is 31.3 Å². The van der Waals surface area contributed by atoms with Crippen molar-refractivity contribution in [2.75, 3.05) is 5.32 Å². The van der Waals surface area contributed by atoms with Crippen LogP contribution in [0.4, 0.5) is 5.82 Å². The molecule has 0 spiro atoms. The fraction of sp³-hybridized carbons (Fsp3) is 0.444. The van der Waals surface area contributed by atoms with Gasteiger partial charge in [-0.15, -0.1) is 0 Å². The molecule has 4 heteroatoms. The van der Waals surface area contributed by atoms with Gasteiger partial charge in [0.1, 0.15) is 5.82 Å². The van der Waals surface area contributed by atoms with Gasteiger partial charge in [0.05, 0.1) is 11.1 Å². The maximum absolute atomic E-state index is 12.8. The zero-order valence-electron chi connectivity index (χ0n) is 12.9. The largest absolute Gasteiger partial charge is 0.310 e. The number of benzene rings is 1. The molecule has 22 heavy (non-hydrogen) atoms. The third-order valence-corrected chi connectivity index (χ3v) is 5.17. The zero-order chi connectivity index (χ0) is 15.2. The number of nitrogens with zero attached hydrogens (tertiary/aromatic N) is 2. The van der Waals surface area contributed by atoms with Crippen molar-refractivity contribution in [1.82, 2.24) is 9.78 Å². The van der Waals surface area contributed by atoms with Gasteiger partial charge in [0.15, 0.2) is 0 Å². The van der Waals surface area contributed by atoms with Gasteiger partial charge in [-0.1, -0.05) is 36.8 Å². The summed E-state index contributed by atoms with van der Waals surface area (Å²) in [5.41, 5.74) is 1.91. The van der Waals surface area contributed by atoms with E-state index in [2.05, 4.69) is 22.5 Å². The summed E-state index contributed by atoms with van der Waals surface area (Å²) < 4.78 is 1.80. The van der Waals surface area contributed by atoms with Gasteiger partial charge < -0.3 is 5.32 Å². The molecule has 2 aromatic rings. The van der Waals surface area contributed by atoms with Crippen LogP contribution >= 0.6 is 0 Å². The Bertz CT molecular complexity index is 696. The van der Waals surface area contributed by atoms with E-state index in [0.29, 0.717) is 5.92 Å². The molecular formula is C18H21N3O. The van der Waals surface area contributed by atoms with Crippen LogP contribution in [0.25, 0.3) is 0 Å². The molecule has 0 saturated heterocycles. The number of carbonyl (C=O) groups excluding carboxylic acids is 1. The summed E-state index contributed by atoms with van der Waals surface area (Å²) in [6.07, 6.45) is 5.59. The van der Waals surface area contributed by atoms with Crippen LogP contribution in [0.3, 0.4) is 0 Å². The summed E-state index contributed by atoms with van der Waals surface area (Å²) in [6.45, 7) is 0. The van der Waals surface area contributed by atoms with Gasteiger partial charge in [0.2, 0.25) is 5.91 Å². The predicted molar refractivity (Wildman–Crippen MR) is 85.8 cm³/mol. The number of anilines is 1. The number of rotatable bonds is 4. The van der Waals surface area contributed by atoms with Crippen molar-refractivity contribution < 1.29 is 4.79 Å². The van der Waals surface area contributed by atoms with E-state index in [-0.39, 0.29) is 11.3 Å². The molecule has 114 valence electrons. The molecular weight excluding hydrogens is 274 g/mol. The standard InChI is InChI=1S/C18H21N3O/c1-21-16(12-15(20-21)13-6-5-7-13)19-17(22)18(10-11-18)14-8-3-2-4-9-14/h2-4,8-9,12-13H,5-7,10-11H2,1H3,(H,19,22). The van der Waals surface area contributed by atoms with Crippen molar-refractivity contribution in [1.29, 1.82) is 0 Å². The topological polar surface area (TPSA) is 46.9 Å². The van der Waals surface area contributed by atoms with Crippen LogP contribution in [0, 0.1) is 0 Å². The molecule has 1 N–H and O–H groups in total. The van der Waals surface area contributed by atoms with Gasteiger partial charge in [-0.2, -0.15) is 5.10 Å². The Morgan fingerprint density at radius 3 is 2.59 bits per heavy atom. The molecule has 2 aliphatic rings. The van der Waals surface area contributed by atoms with Crippen molar-refractivity contribution in [2.24, 2.45) is 7.05 Å². The van der Waals surface area contributed by atoms with Gasteiger partial charge in [-0.05, 0) is 31.2 Å². The molecule has 0 radical (unpaired) electrons. The van der Waals surface area contributed by atoms with Crippen LogP contribution in [0.15, 0.2) is 36.4 Å². The fourth-order valence-electron chi connectivity index (χ4n) is 3.27. The predicted octanol–water partition coefficient (Wildman–Crippen LogP) is 3.36. The molecule has 0 atom stereocenters. The molecule has 2 aliphatic carbocycles. The summed E-state index contributed by atoms with van der Waals surface area (Å²) >= 11 is 0. The van der Waals surface area contributed by atoms with E-state index >= 15 is 0 Å². The summed E-state index contributed by atoms with van der Waals surface area (Å²) in [7, 11) is 1.90. The minimum Gasteiger partial charge on any atom is -0.310 e. The first-order valence-electron chi connectivity index (χ1n) is 8.10. The SMILES string of the molecule is Cn1nc(C2CCC2)cc1NC(=O)C1(c2ccccc2)CC1. The van der Waals surface area contributed by atoms with Crippen molar-refractivity contribution >= 4 is 11.7 Å². The number of carbonyl (C=O) groups is 1. The highest BCUT2D eigenvalue weighted by Gasteiger charge is 2.51. The average Bonchev–Trinajstić information content (AvgIpc) is 3.21. The third kappa shape index (κ3) is 2.14. The van der Waals surface area contributed by atoms with Crippen LogP contribution in [0.1, 0.15) is 49.3 Å². The van der Waals surface area contributed by atoms with Crippen LogP contribution in [-0.2, 0) is 17.3 Å². The molecule has 1 aromatic heterocycles. The maximum atomic E-state index is 12.8. The molecule has 0 bridgehead atoms. The highest BCUT2D eigenvalue weighted by atomic mass is 16.2. The van der Waals surface area contributed by atoms with E-state index in [1.165, 1.54) is 19.3 Å². The normalized spacial score (nSPS) is 19.5. The average molecular weight is 295 g/mol. The Balaban J connectivity index is 1.54. The quantitative estimate of drug-likeness (QED) is 0.940. The Kier molecular flexibility index (Phi) is 3.06. The van der Waals surface area contributed by atoms with Crippen LogP contribution in [0.2, 0.25) is 0 Å². The maximum Gasteiger partial charge on any atom is 0.236 e. The van der Waals surface area contributed by atoms with Gasteiger partial charge in [0.25, 0.3) is 0 Å². The lowest BCUT2D eigenvalue weighted by atomic mass is 9.83. The van der Waals surface area contributed by atoms with Crippen LogP contribution < -0.4 is 5.32 Å². The lowest BCUT2D eigenvalue weighted by Crippen LogP contribution is -2.28. The van der Waals surface area contributed by atoms with Gasteiger partial charge in [-0.25, -0.2) is 0 Å². The Hall–Kier alpha value is -2.10. The first kappa shape index (κ1) is 13.6.